The summed E-state index contributed by atoms with van der Waals surface area (Å²) in [5.41, 5.74) is 1.02. The average Bonchev–Trinajstić information content (AvgIpc) is 2.55. The molecule has 0 aliphatic heterocycles. The number of rotatable bonds is 1. The molecule has 0 fully saturated rings. The van der Waals surface area contributed by atoms with Crippen LogP contribution in [0.15, 0.2) is 24.5 Å². The van der Waals surface area contributed by atoms with Gasteiger partial charge in [0.2, 0.25) is 0 Å². The molecule has 0 aromatic carbocycles. The molecule has 56 valence electrons. The molecule has 3 nitrogen and oxygen atoms in total. The van der Waals surface area contributed by atoms with E-state index in [4.69, 9.17) is 0 Å². The zero-order valence-electron chi connectivity index (χ0n) is 5.63. The Morgan fingerprint density at radius 1 is 1.45 bits per heavy atom. The van der Waals surface area contributed by atoms with Gasteiger partial charge in [0.1, 0.15) is 0 Å². The number of aromatic nitrogens is 3. The third kappa shape index (κ3) is 1.30. The second-order valence-corrected chi connectivity index (χ2v) is 3.33. The summed E-state index contributed by atoms with van der Waals surface area (Å²) in [5, 5.41) is 0. The molecular formula is C7H6IN3. The molecule has 0 bridgehead atoms. The Kier molecular flexibility index (Phi) is 1.69. The topological polar surface area (TPSA) is 44.5 Å². The molecule has 0 saturated carbocycles. The van der Waals surface area contributed by atoms with Crippen LogP contribution < -0.4 is 0 Å². The number of nitrogens with one attached hydrogen (secondary N) is 2. The van der Waals surface area contributed by atoms with Crippen LogP contribution in [-0.2, 0) is 0 Å². The van der Waals surface area contributed by atoms with E-state index in [0.29, 0.717) is 0 Å². The number of hydrogen-bond acceptors (Lipinski definition) is 1. The van der Waals surface area contributed by atoms with E-state index < -0.39 is 0 Å². The minimum atomic E-state index is 0.888. The lowest BCUT2D eigenvalue weighted by atomic mass is 10.4. The van der Waals surface area contributed by atoms with Crippen LogP contribution in [0.5, 0.6) is 0 Å². The molecule has 0 amide bonds. The van der Waals surface area contributed by atoms with E-state index in [1.54, 1.807) is 6.20 Å². The highest BCUT2D eigenvalue weighted by atomic mass is 127. The van der Waals surface area contributed by atoms with Crippen LogP contribution in [0.1, 0.15) is 0 Å². The predicted molar refractivity (Wildman–Crippen MR) is 51.1 cm³/mol. The van der Waals surface area contributed by atoms with E-state index in [1.807, 2.05) is 18.3 Å². The summed E-state index contributed by atoms with van der Waals surface area (Å²) >= 11 is 2.19. The molecule has 0 spiro atoms. The Balaban J connectivity index is 2.45. The zero-order chi connectivity index (χ0) is 7.68. The van der Waals surface area contributed by atoms with Crippen molar-refractivity contribution in [3.63, 3.8) is 0 Å². The van der Waals surface area contributed by atoms with Gasteiger partial charge < -0.3 is 9.97 Å². The number of nitrogens with zero attached hydrogens (tertiary/aromatic N) is 1. The quantitative estimate of drug-likeness (QED) is 0.756. The monoisotopic (exact) mass is 259 g/mol. The average molecular weight is 259 g/mol. The number of imidazole rings is 1. The van der Waals surface area contributed by atoms with Gasteiger partial charge in [0.15, 0.2) is 5.82 Å². The Morgan fingerprint density at radius 2 is 2.36 bits per heavy atom. The van der Waals surface area contributed by atoms with Gasteiger partial charge in [-0.1, -0.05) is 0 Å². The normalized spacial score (nSPS) is 10.3. The summed E-state index contributed by atoms with van der Waals surface area (Å²) in [6.07, 6.45) is 3.68. The molecule has 2 N–H and O–H groups in total. The first kappa shape index (κ1) is 6.90. The van der Waals surface area contributed by atoms with Gasteiger partial charge in [0.05, 0.1) is 15.6 Å². The Labute approximate surface area is 77.4 Å². The van der Waals surface area contributed by atoms with Gasteiger partial charge in [0, 0.05) is 6.20 Å². The molecule has 0 aliphatic rings. The summed E-state index contributed by atoms with van der Waals surface area (Å²) < 4.78 is 1.05. The fourth-order valence-corrected chi connectivity index (χ4v) is 1.31. The van der Waals surface area contributed by atoms with Crippen LogP contribution in [0.4, 0.5) is 0 Å². The molecule has 0 aliphatic carbocycles. The van der Waals surface area contributed by atoms with Crippen molar-refractivity contribution in [3.8, 4) is 11.5 Å². The highest BCUT2D eigenvalue weighted by Crippen LogP contribution is 2.12. The Bertz CT molecular complexity index is 336. The van der Waals surface area contributed by atoms with Crippen LogP contribution in [0.3, 0.4) is 0 Å². The molecule has 2 heterocycles. The minimum absolute atomic E-state index is 0.888. The van der Waals surface area contributed by atoms with E-state index in [0.717, 1.165) is 15.2 Å². The molecule has 2 aromatic rings. The number of halogens is 1. The lowest BCUT2D eigenvalue weighted by molar-refractivity contribution is 1.25. The number of aromatic amines is 2. The standard InChI is InChI=1S/C7H6IN3/c8-6-4-10-7(11-6)5-2-1-3-9-5/h1-4,9H,(H,10,11). The van der Waals surface area contributed by atoms with Gasteiger partial charge in [-0.25, -0.2) is 4.98 Å². The van der Waals surface area contributed by atoms with Gasteiger partial charge >= 0.3 is 0 Å². The smallest absolute Gasteiger partial charge is 0.154 e. The van der Waals surface area contributed by atoms with E-state index in [2.05, 4.69) is 37.5 Å². The van der Waals surface area contributed by atoms with Gasteiger partial charge in [-0.15, -0.1) is 0 Å². The molecule has 0 atom stereocenters. The van der Waals surface area contributed by atoms with Gasteiger partial charge in [-0.2, -0.15) is 0 Å². The van der Waals surface area contributed by atoms with Crippen molar-refractivity contribution in [2.24, 2.45) is 0 Å². The second-order valence-electron chi connectivity index (χ2n) is 2.16. The minimum Gasteiger partial charge on any atom is -0.359 e. The SMILES string of the molecule is Ic1cnc(-c2ccc[nH]2)[nH]1. The molecule has 0 saturated heterocycles. The molecule has 11 heavy (non-hydrogen) atoms. The summed E-state index contributed by atoms with van der Waals surface area (Å²) in [6, 6.07) is 3.93. The summed E-state index contributed by atoms with van der Waals surface area (Å²) in [4.78, 5) is 10.4. The molecule has 2 aromatic heterocycles. The highest BCUT2D eigenvalue weighted by Gasteiger charge is 2.00. The predicted octanol–water partition coefficient (Wildman–Crippen LogP) is 2.01. The molecule has 0 radical (unpaired) electrons. The molecule has 4 heteroatoms. The first-order valence-corrected chi connectivity index (χ1v) is 4.28. The van der Waals surface area contributed by atoms with Crippen molar-refractivity contribution in [3.05, 3.63) is 28.2 Å². The largest absolute Gasteiger partial charge is 0.359 e. The van der Waals surface area contributed by atoms with E-state index >= 15 is 0 Å². The first-order valence-electron chi connectivity index (χ1n) is 3.20. The van der Waals surface area contributed by atoms with E-state index in [9.17, 15) is 0 Å². The Morgan fingerprint density at radius 3 is 2.91 bits per heavy atom. The fraction of sp³-hybridized carbons (Fsp3) is 0. The van der Waals surface area contributed by atoms with Crippen LogP contribution in [0, 0.1) is 3.70 Å². The van der Waals surface area contributed by atoms with Gasteiger partial charge in [-0.3, -0.25) is 0 Å². The summed E-state index contributed by atoms with van der Waals surface area (Å²) in [6.45, 7) is 0. The fourth-order valence-electron chi connectivity index (χ4n) is 0.913. The van der Waals surface area contributed by atoms with E-state index in [-0.39, 0.29) is 0 Å². The zero-order valence-corrected chi connectivity index (χ0v) is 7.79. The maximum atomic E-state index is 4.16. The number of hydrogen-bond donors (Lipinski definition) is 2. The third-order valence-corrected chi connectivity index (χ3v) is 1.95. The van der Waals surface area contributed by atoms with Crippen molar-refractivity contribution >= 4 is 22.6 Å². The van der Waals surface area contributed by atoms with Crippen LogP contribution in [0.2, 0.25) is 0 Å². The first-order chi connectivity index (χ1) is 5.36. The van der Waals surface area contributed by atoms with Crippen molar-refractivity contribution in [1.29, 1.82) is 0 Å². The lowest BCUT2D eigenvalue weighted by Crippen LogP contribution is -1.78. The maximum Gasteiger partial charge on any atom is 0.154 e. The molecular weight excluding hydrogens is 253 g/mol. The summed E-state index contributed by atoms with van der Waals surface area (Å²) in [7, 11) is 0. The Hall–Kier alpha value is -0.780. The van der Waals surface area contributed by atoms with Crippen LogP contribution >= 0.6 is 22.6 Å². The van der Waals surface area contributed by atoms with Crippen molar-refractivity contribution in [2.45, 2.75) is 0 Å². The van der Waals surface area contributed by atoms with Gasteiger partial charge in [0.25, 0.3) is 0 Å². The van der Waals surface area contributed by atoms with Crippen LogP contribution in [0.25, 0.3) is 11.5 Å². The van der Waals surface area contributed by atoms with Crippen molar-refractivity contribution in [2.75, 3.05) is 0 Å². The number of H-pyrrole nitrogens is 2. The van der Waals surface area contributed by atoms with Crippen molar-refractivity contribution < 1.29 is 0 Å². The molecule has 0 unspecified atom stereocenters. The third-order valence-electron chi connectivity index (χ3n) is 1.40. The second kappa shape index (κ2) is 2.69. The van der Waals surface area contributed by atoms with Gasteiger partial charge in [-0.05, 0) is 34.7 Å². The lowest BCUT2D eigenvalue weighted by Gasteiger charge is -1.87. The van der Waals surface area contributed by atoms with E-state index in [1.165, 1.54) is 0 Å². The highest BCUT2D eigenvalue weighted by molar-refractivity contribution is 14.1. The van der Waals surface area contributed by atoms with Crippen LogP contribution in [-0.4, -0.2) is 15.0 Å². The summed E-state index contributed by atoms with van der Waals surface area (Å²) in [5.74, 6) is 0.888. The molecule has 2 rings (SSSR count). The maximum absolute atomic E-state index is 4.16. The van der Waals surface area contributed by atoms with Crippen molar-refractivity contribution in [1.82, 2.24) is 15.0 Å².